The van der Waals surface area contributed by atoms with E-state index < -0.39 is 0 Å². The van der Waals surface area contributed by atoms with Gasteiger partial charge in [-0.2, -0.15) is 0 Å². The van der Waals surface area contributed by atoms with Gasteiger partial charge in [0.2, 0.25) is 0 Å². The lowest BCUT2D eigenvalue weighted by Gasteiger charge is -1.95. The van der Waals surface area contributed by atoms with Crippen LogP contribution in [0.1, 0.15) is 18.9 Å². The third-order valence-electron chi connectivity index (χ3n) is 2.21. The number of rotatable bonds is 6. The predicted octanol–water partition coefficient (Wildman–Crippen LogP) is 3.29. The van der Waals surface area contributed by atoms with Gasteiger partial charge in [0.15, 0.2) is 0 Å². The van der Waals surface area contributed by atoms with Crippen LogP contribution in [0.2, 0.25) is 0 Å². The largest absolute Gasteiger partial charge is 0.463 e. The van der Waals surface area contributed by atoms with Crippen LogP contribution in [0.3, 0.4) is 0 Å². The minimum absolute atomic E-state index is 0.291. The Bertz CT molecular complexity index is 377. The van der Waals surface area contributed by atoms with Crippen molar-refractivity contribution < 1.29 is 9.53 Å². The first kappa shape index (κ1) is 13.2. The van der Waals surface area contributed by atoms with Crippen LogP contribution in [0.15, 0.2) is 54.6 Å². The molecule has 0 aromatic heterocycles. The molecule has 0 bridgehead atoms. The van der Waals surface area contributed by atoms with Crippen LogP contribution in [-0.4, -0.2) is 12.6 Å². The summed E-state index contributed by atoms with van der Waals surface area (Å²) in [5, 5.41) is 0. The lowest BCUT2D eigenvalue weighted by atomic mass is 10.1. The fraction of sp³-hybridized carbons (Fsp3) is 0.267. The number of esters is 1. The lowest BCUT2D eigenvalue weighted by Crippen LogP contribution is -1.98. The second kappa shape index (κ2) is 8.34. The third-order valence-corrected chi connectivity index (χ3v) is 2.21. The first-order valence-corrected chi connectivity index (χ1v) is 5.87. The summed E-state index contributed by atoms with van der Waals surface area (Å²) >= 11 is 0. The predicted molar refractivity (Wildman–Crippen MR) is 69.7 cm³/mol. The van der Waals surface area contributed by atoms with Crippen molar-refractivity contribution in [3.8, 4) is 0 Å². The van der Waals surface area contributed by atoms with Crippen LogP contribution in [0, 0.1) is 0 Å². The molecular formula is C15H18O2. The number of hydrogen-bond acceptors (Lipinski definition) is 2. The number of carbonyl (C=O) groups is 1. The van der Waals surface area contributed by atoms with Gasteiger partial charge in [-0.3, -0.25) is 0 Å². The molecule has 90 valence electrons. The number of carbonyl (C=O) groups excluding carboxylic acids is 1. The van der Waals surface area contributed by atoms with Crippen molar-refractivity contribution in [1.82, 2.24) is 0 Å². The summed E-state index contributed by atoms with van der Waals surface area (Å²) < 4.78 is 4.76. The lowest BCUT2D eigenvalue weighted by molar-refractivity contribution is -0.137. The van der Waals surface area contributed by atoms with Crippen molar-refractivity contribution in [2.24, 2.45) is 0 Å². The van der Waals surface area contributed by atoms with Crippen LogP contribution in [-0.2, 0) is 16.0 Å². The van der Waals surface area contributed by atoms with E-state index in [0.717, 1.165) is 12.8 Å². The smallest absolute Gasteiger partial charge is 0.330 e. The third kappa shape index (κ3) is 6.36. The standard InChI is InChI=1S/C15H18O2/c1-2-17-15(16)13-9-4-3-6-10-14-11-7-5-8-12-14/h3-5,7-9,11-13H,2,6,10H2,1H3/b4-3+,13-9+. The second-order valence-corrected chi connectivity index (χ2v) is 3.56. The highest BCUT2D eigenvalue weighted by molar-refractivity contribution is 5.82. The Balaban J connectivity index is 2.21. The Kier molecular flexibility index (Phi) is 6.49. The van der Waals surface area contributed by atoms with Gasteiger partial charge in [-0.15, -0.1) is 0 Å². The topological polar surface area (TPSA) is 26.3 Å². The molecule has 0 saturated heterocycles. The van der Waals surface area contributed by atoms with Crippen LogP contribution < -0.4 is 0 Å². The summed E-state index contributed by atoms with van der Waals surface area (Å²) in [6.45, 7) is 2.21. The molecule has 0 atom stereocenters. The van der Waals surface area contributed by atoms with Crippen molar-refractivity contribution in [3.05, 3.63) is 60.2 Å². The molecule has 1 rings (SSSR count). The molecule has 0 saturated carbocycles. The van der Waals surface area contributed by atoms with Gasteiger partial charge < -0.3 is 4.74 Å². The average molecular weight is 230 g/mol. The summed E-state index contributed by atoms with van der Waals surface area (Å²) in [4.78, 5) is 11.0. The molecule has 1 aromatic carbocycles. The van der Waals surface area contributed by atoms with E-state index in [2.05, 4.69) is 12.1 Å². The molecule has 0 heterocycles. The van der Waals surface area contributed by atoms with Gasteiger partial charge in [0.05, 0.1) is 6.61 Å². The SMILES string of the molecule is CCOC(=O)/C=C/C=C/CCc1ccccc1. The van der Waals surface area contributed by atoms with Gasteiger partial charge in [0.25, 0.3) is 0 Å². The Morgan fingerprint density at radius 3 is 2.71 bits per heavy atom. The summed E-state index contributed by atoms with van der Waals surface area (Å²) in [6.07, 6.45) is 9.05. The number of ether oxygens (including phenoxy) is 1. The minimum Gasteiger partial charge on any atom is -0.463 e. The molecule has 0 amide bonds. The fourth-order valence-electron chi connectivity index (χ4n) is 1.39. The highest BCUT2D eigenvalue weighted by Crippen LogP contribution is 2.02. The van der Waals surface area contributed by atoms with Crippen LogP contribution in [0.4, 0.5) is 0 Å². The number of hydrogen-bond donors (Lipinski definition) is 0. The zero-order valence-corrected chi connectivity index (χ0v) is 10.1. The molecule has 2 heteroatoms. The monoisotopic (exact) mass is 230 g/mol. The maximum atomic E-state index is 11.0. The molecule has 17 heavy (non-hydrogen) atoms. The van der Waals surface area contributed by atoms with Crippen molar-refractivity contribution in [3.63, 3.8) is 0 Å². The van der Waals surface area contributed by atoms with Crippen LogP contribution in [0.5, 0.6) is 0 Å². The first-order valence-electron chi connectivity index (χ1n) is 5.87. The van der Waals surface area contributed by atoms with E-state index in [1.807, 2.05) is 30.4 Å². The Morgan fingerprint density at radius 2 is 2.00 bits per heavy atom. The van der Waals surface area contributed by atoms with Crippen molar-refractivity contribution in [1.29, 1.82) is 0 Å². The number of aryl methyl sites for hydroxylation is 1. The molecule has 0 N–H and O–H groups in total. The van der Waals surface area contributed by atoms with Gasteiger partial charge in [-0.05, 0) is 25.3 Å². The van der Waals surface area contributed by atoms with Gasteiger partial charge in [0, 0.05) is 6.08 Å². The Labute approximate surface area is 103 Å². The van der Waals surface area contributed by atoms with Crippen molar-refractivity contribution in [2.45, 2.75) is 19.8 Å². The normalized spacial score (nSPS) is 11.1. The quantitative estimate of drug-likeness (QED) is 0.426. The van der Waals surface area contributed by atoms with Crippen molar-refractivity contribution in [2.75, 3.05) is 6.61 Å². The van der Waals surface area contributed by atoms with Crippen LogP contribution >= 0.6 is 0 Å². The number of benzene rings is 1. The zero-order chi connectivity index (χ0) is 12.3. The molecular weight excluding hydrogens is 212 g/mol. The van der Waals surface area contributed by atoms with Crippen molar-refractivity contribution >= 4 is 5.97 Å². The van der Waals surface area contributed by atoms with E-state index in [9.17, 15) is 4.79 Å². The summed E-state index contributed by atoms with van der Waals surface area (Å²) in [5.74, 6) is -0.291. The zero-order valence-electron chi connectivity index (χ0n) is 10.1. The van der Waals surface area contributed by atoms with E-state index in [-0.39, 0.29) is 5.97 Å². The fourth-order valence-corrected chi connectivity index (χ4v) is 1.39. The van der Waals surface area contributed by atoms with E-state index >= 15 is 0 Å². The Morgan fingerprint density at radius 1 is 1.24 bits per heavy atom. The first-order chi connectivity index (χ1) is 8.33. The maximum Gasteiger partial charge on any atom is 0.330 e. The second-order valence-electron chi connectivity index (χ2n) is 3.56. The molecule has 0 aliphatic heterocycles. The van der Waals surface area contributed by atoms with Gasteiger partial charge in [-0.25, -0.2) is 4.79 Å². The van der Waals surface area contributed by atoms with E-state index in [1.165, 1.54) is 11.6 Å². The molecule has 0 aliphatic rings. The summed E-state index contributed by atoms with van der Waals surface area (Å²) in [6, 6.07) is 10.3. The van der Waals surface area contributed by atoms with E-state index in [0.29, 0.717) is 6.61 Å². The highest BCUT2D eigenvalue weighted by Gasteiger charge is 1.90. The van der Waals surface area contributed by atoms with E-state index in [4.69, 9.17) is 4.74 Å². The Hall–Kier alpha value is -1.83. The van der Waals surface area contributed by atoms with Gasteiger partial charge in [-0.1, -0.05) is 48.6 Å². The molecule has 0 unspecified atom stereocenters. The molecule has 0 spiro atoms. The summed E-state index contributed by atoms with van der Waals surface area (Å²) in [7, 11) is 0. The number of allylic oxidation sites excluding steroid dienone is 3. The van der Waals surface area contributed by atoms with Gasteiger partial charge >= 0.3 is 5.97 Å². The molecule has 1 aromatic rings. The maximum absolute atomic E-state index is 11.0. The molecule has 0 fully saturated rings. The molecule has 0 radical (unpaired) electrons. The highest BCUT2D eigenvalue weighted by atomic mass is 16.5. The summed E-state index contributed by atoms with van der Waals surface area (Å²) in [5.41, 5.74) is 1.33. The average Bonchev–Trinajstić information content (AvgIpc) is 2.35. The van der Waals surface area contributed by atoms with Crippen LogP contribution in [0.25, 0.3) is 0 Å². The molecule has 0 aliphatic carbocycles. The van der Waals surface area contributed by atoms with Gasteiger partial charge in [0.1, 0.15) is 0 Å². The minimum atomic E-state index is -0.291. The van der Waals surface area contributed by atoms with E-state index in [1.54, 1.807) is 13.0 Å². The molecule has 2 nitrogen and oxygen atoms in total.